The van der Waals surface area contributed by atoms with E-state index in [4.69, 9.17) is 0 Å². The van der Waals surface area contributed by atoms with Gasteiger partial charge in [-0.15, -0.1) is 0 Å². The number of rotatable bonds is 2. The molecular formula is C11H13FN2O2. The van der Waals surface area contributed by atoms with Crippen molar-refractivity contribution in [3.63, 3.8) is 0 Å². The predicted molar refractivity (Wildman–Crippen MR) is 56.5 cm³/mol. The van der Waals surface area contributed by atoms with Crippen molar-refractivity contribution in [1.29, 1.82) is 0 Å². The molecule has 4 nitrogen and oxygen atoms in total. The van der Waals surface area contributed by atoms with E-state index in [1.807, 2.05) is 4.90 Å². The molecule has 0 radical (unpaired) electrons. The van der Waals surface area contributed by atoms with Crippen LogP contribution in [-0.4, -0.2) is 31.2 Å². The van der Waals surface area contributed by atoms with Crippen molar-refractivity contribution in [3.05, 3.63) is 24.1 Å². The molecular weight excluding hydrogens is 211 g/mol. The molecule has 1 aromatic rings. The third-order valence-electron chi connectivity index (χ3n) is 2.75. The summed E-state index contributed by atoms with van der Waals surface area (Å²) in [6.07, 6.45) is 2.15. The summed E-state index contributed by atoms with van der Waals surface area (Å²) in [5.41, 5.74) is 0. The minimum Gasteiger partial charge on any atom is -0.469 e. The Morgan fingerprint density at radius 3 is 3.19 bits per heavy atom. The average Bonchev–Trinajstić information content (AvgIpc) is 2.77. The van der Waals surface area contributed by atoms with Gasteiger partial charge in [0.1, 0.15) is 11.6 Å². The lowest BCUT2D eigenvalue weighted by molar-refractivity contribution is -0.144. The Morgan fingerprint density at radius 2 is 2.50 bits per heavy atom. The van der Waals surface area contributed by atoms with E-state index in [1.54, 1.807) is 0 Å². The molecule has 5 heteroatoms. The minimum atomic E-state index is -0.313. The molecule has 2 heterocycles. The molecule has 1 fully saturated rings. The zero-order valence-corrected chi connectivity index (χ0v) is 9.02. The van der Waals surface area contributed by atoms with Crippen LogP contribution in [0.2, 0.25) is 0 Å². The highest BCUT2D eigenvalue weighted by Crippen LogP contribution is 2.23. The largest absolute Gasteiger partial charge is 0.469 e. The second-order valence-electron chi connectivity index (χ2n) is 3.79. The second-order valence-corrected chi connectivity index (χ2v) is 3.79. The van der Waals surface area contributed by atoms with Crippen molar-refractivity contribution in [2.75, 3.05) is 25.1 Å². The van der Waals surface area contributed by atoms with Crippen LogP contribution in [0, 0.1) is 11.7 Å². The van der Waals surface area contributed by atoms with Crippen LogP contribution in [0.4, 0.5) is 10.2 Å². The van der Waals surface area contributed by atoms with Crippen LogP contribution in [0.5, 0.6) is 0 Å². The number of carbonyl (C=O) groups is 1. The first-order valence-electron chi connectivity index (χ1n) is 5.15. The van der Waals surface area contributed by atoms with Crippen molar-refractivity contribution in [3.8, 4) is 0 Å². The Hall–Kier alpha value is -1.65. The number of aromatic nitrogens is 1. The first-order chi connectivity index (χ1) is 7.70. The number of pyridine rings is 1. The molecule has 0 bridgehead atoms. The lowest BCUT2D eigenvalue weighted by Gasteiger charge is -2.16. The predicted octanol–water partition coefficient (Wildman–Crippen LogP) is 1.22. The fourth-order valence-electron chi connectivity index (χ4n) is 1.89. The van der Waals surface area contributed by atoms with E-state index < -0.39 is 0 Å². The van der Waals surface area contributed by atoms with Gasteiger partial charge >= 0.3 is 5.97 Å². The van der Waals surface area contributed by atoms with Gasteiger partial charge in [0.15, 0.2) is 0 Å². The standard InChI is InChI=1S/C11H13FN2O2/c1-16-11(15)8-3-5-14(7-8)10-6-9(12)2-4-13-10/h2,4,6,8H,3,5,7H2,1H3/t8-/m0/s1. The van der Waals surface area contributed by atoms with Gasteiger partial charge < -0.3 is 9.64 Å². The highest BCUT2D eigenvalue weighted by molar-refractivity contribution is 5.74. The number of anilines is 1. The molecule has 0 spiro atoms. The molecule has 0 saturated carbocycles. The molecule has 0 aromatic carbocycles. The number of carbonyl (C=O) groups excluding carboxylic acids is 1. The highest BCUT2D eigenvalue weighted by atomic mass is 19.1. The van der Waals surface area contributed by atoms with Crippen molar-refractivity contribution in [2.45, 2.75) is 6.42 Å². The van der Waals surface area contributed by atoms with Gasteiger partial charge in [0.2, 0.25) is 0 Å². The minimum absolute atomic E-state index is 0.130. The second kappa shape index (κ2) is 4.47. The van der Waals surface area contributed by atoms with Crippen molar-refractivity contribution in [2.24, 2.45) is 5.92 Å². The summed E-state index contributed by atoms with van der Waals surface area (Å²) in [6, 6.07) is 2.68. The summed E-state index contributed by atoms with van der Waals surface area (Å²) >= 11 is 0. The fourth-order valence-corrected chi connectivity index (χ4v) is 1.89. The Bertz CT molecular complexity index is 397. The van der Waals surface area contributed by atoms with Crippen LogP contribution < -0.4 is 4.90 Å². The van der Waals surface area contributed by atoms with E-state index in [0.29, 0.717) is 18.9 Å². The first kappa shape index (κ1) is 10.9. The summed E-state index contributed by atoms with van der Waals surface area (Å²) < 4.78 is 17.7. The van der Waals surface area contributed by atoms with E-state index in [-0.39, 0.29) is 17.7 Å². The van der Waals surface area contributed by atoms with Crippen molar-refractivity contribution in [1.82, 2.24) is 4.98 Å². The number of methoxy groups -OCH3 is 1. The van der Waals surface area contributed by atoms with Gasteiger partial charge in [-0.3, -0.25) is 4.79 Å². The van der Waals surface area contributed by atoms with Gasteiger partial charge in [0.25, 0.3) is 0 Å². The summed E-state index contributed by atoms with van der Waals surface area (Å²) in [5, 5.41) is 0. The molecule has 2 rings (SSSR count). The van der Waals surface area contributed by atoms with Gasteiger partial charge in [0, 0.05) is 25.4 Å². The third kappa shape index (κ3) is 2.13. The molecule has 86 valence electrons. The maximum atomic E-state index is 13.0. The van der Waals surface area contributed by atoms with Crippen molar-refractivity contribution < 1.29 is 13.9 Å². The molecule has 1 saturated heterocycles. The van der Waals surface area contributed by atoms with Gasteiger partial charge in [0.05, 0.1) is 13.0 Å². The number of hydrogen-bond donors (Lipinski definition) is 0. The van der Waals surface area contributed by atoms with Crippen molar-refractivity contribution >= 4 is 11.8 Å². The highest BCUT2D eigenvalue weighted by Gasteiger charge is 2.29. The Kier molecular flexibility index (Phi) is 3.03. The summed E-state index contributed by atoms with van der Waals surface area (Å²) in [7, 11) is 1.38. The van der Waals surface area contributed by atoms with Crippen LogP contribution in [0.1, 0.15) is 6.42 Å². The number of hydrogen-bond acceptors (Lipinski definition) is 4. The summed E-state index contributed by atoms with van der Waals surface area (Å²) in [4.78, 5) is 17.3. The topological polar surface area (TPSA) is 42.4 Å². The van der Waals surface area contributed by atoms with Gasteiger partial charge in [-0.2, -0.15) is 0 Å². The number of halogens is 1. The molecule has 1 aromatic heterocycles. The molecule has 0 unspecified atom stereocenters. The zero-order chi connectivity index (χ0) is 11.5. The van der Waals surface area contributed by atoms with Crippen LogP contribution in [0.25, 0.3) is 0 Å². The quantitative estimate of drug-likeness (QED) is 0.708. The maximum Gasteiger partial charge on any atom is 0.310 e. The number of nitrogens with zero attached hydrogens (tertiary/aromatic N) is 2. The van der Waals surface area contributed by atoms with Crippen LogP contribution in [0.15, 0.2) is 18.3 Å². The summed E-state index contributed by atoms with van der Waals surface area (Å²) in [6.45, 7) is 1.25. The van der Waals surface area contributed by atoms with E-state index in [1.165, 1.54) is 25.4 Å². The molecule has 1 aliphatic rings. The molecule has 1 aliphatic heterocycles. The average molecular weight is 224 g/mol. The van der Waals surface area contributed by atoms with Gasteiger partial charge in [-0.1, -0.05) is 0 Å². The Balaban J connectivity index is 2.06. The summed E-state index contributed by atoms with van der Waals surface area (Å²) in [5.74, 6) is -0.0770. The molecule has 0 amide bonds. The molecule has 16 heavy (non-hydrogen) atoms. The lowest BCUT2D eigenvalue weighted by Crippen LogP contribution is -2.24. The Labute approximate surface area is 93.0 Å². The monoisotopic (exact) mass is 224 g/mol. The lowest BCUT2D eigenvalue weighted by atomic mass is 10.1. The van der Waals surface area contributed by atoms with Crippen LogP contribution >= 0.6 is 0 Å². The van der Waals surface area contributed by atoms with E-state index in [0.717, 1.165) is 6.42 Å². The SMILES string of the molecule is COC(=O)[C@H]1CCN(c2cc(F)ccn2)C1. The zero-order valence-electron chi connectivity index (χ0n) is 9.02. The van der Waals surface area contributed by atoms with E-state index >= 15 is 0 Å². The smallest absolute Gasteiger partial charge is 0.310 e. The van der Waals surface area contributed by atoms with Gasteiger partial charge in [-0.05, 0) is 12.5 Å². The van der Waals surface area contributed by atoms with Gasteiger partial charge in [-0.25, -0.2) is 9.37 Å². The first-order valence-corrected chi connectivity index (χ1v) is 5.15. The van der Waals surface area contributed by atoms with E-state index in [9.17, 15) is 9.18 Å². The molecule has 0 aliphatic carbocycles. The fraction of sp³-hybridized carbons (Fsp3) is 0.455. The van der Waals surface area contributed by atoms with Crippen LogP contribution in [-0.2, 0) is 9.53 Å². The third-order valence-corrected chi connectivity index (χ3v) is 2.75. The Morgan fingerprint density at radius 1 is 1.69 bits per heavy atom. The molecule has 1 atom stereocenters. The maximum absolute atomic E-state index is 13.0. The van der Waals surface area contributed by atoms with Crippen LogP contribution in [0.3, 0.4) is 0 Å². The number of ether oxygens (including phenoxy) is 1. The normalized spacial score (nSPS) is 19.9. The molecule has 0 N–H and O–H groups in total. The number of esters is 1. The van der Waals surface area contributed by atoms with E-state index in [2.05, 4.69) is 9.72 Å².